The number of fused-ring (bicyclic) bond motifs is 5. The van der Waals surface area contributed by atoms with Gasteiger partial charge in [-0.2, -0.15) is 26.3 Å². The Morgan fingerprint density at radius 2 is 1.45 bits per heavy atom. The highest BCUT2D eigenvalue weighted by Gasteiger charge is 2.34. The van der Waals surface area contributed by atoms with Gasteiger partial charge in [0.25, 0.3) is 0 Å². The predicted molar refractivity (Wildman–Crippen MR) is 99.3 cm³/mol. The van der Waals surface area contributed by atoms with Crippen LogP contribution in [0.1, 0.15) is 16.7 Å². The van der Waals surface area contributed by atoms with Crippen LogP contribution in [-0.4, -0.2) is 19.3 Å². The molecule has 0 aliphatic carbocycles. The van der Waals surface area contributed by atoms with Crippen LogP contribution >= 0.6 is 0 Å². The lowest BCUT2D eigenvalue weighted by Gasteiger charge is -2.15. The van der Waals surface area contributed by atoms with Crippen LogP contribution in [0.15, 0.2) is 60.8 Å². The molecule has 1 aliphatic rings. The Bertz CT molecular complexity index is 1300. The van der Waals surface area contributed by atoms with E-state index < -0.39 is 23.5 Å². The summed E-state index contributed by atoms with van der Waals surface area (Å²) in [4.78, 5) is 0. The van der Waals surface area contributed by atoms with Gasteiger partial charge < -0.3 is 4.57 Å². The van der Waals surface area contributed by atoms with Gasteiger partial charge in [-0.25, -0.2) is 0 Å². The zero-order valence-corrected chi connectivity index (χ0v) is 15.5. The zero-order valence-electron chi connectivity index (χ0n) is 15.5. The summed E-state index contributed by atoms with van der Waals surface area (Å²) in [6, 6.07) is 11.3. The number of nitrogens with zero attached hydrogens (tertiary/aromatic N) is 4. The largest absolute Gasteiger partial charge is 0.416 e. The van der Waals surface area contributed by atoms with Crippen LogP contribution in [0.4, 0.5) is 26.3 Å². The van der Waals surface area contributed by atoms with Crippen molar-refractivity contribution in [2.75, 3.05) is 0 Å². The van der Waals surface area contributed by atoms with Crippen LogP contribution in [0.3, 0.4) is 0 Å². The van der Waals surface area contributed by atoms with Gasteiger partial charge in [0.05, 0.1) is 22.5 Å². The molecule has 0 unspecified atom stereocenters. The van der Waals surface area contributed by atoms with Crippen molar-refractivity contribution in [2.24, 2.45) is 0 Å². The number of hydrogen-bond acceptors (Lipinski definition) is 2. The fourth-order valence-corrected chi connectivity index (χ4v) is 3.72. The first-order valence-corrected chi connectivity index (χ1v) is 9.12. The van der Waals surface area contributed by atoms with E-state index in [1.807, 2.05) is 0 Å². The fraction of sp³-hybridized carbons (Fsp3) is 0.143. The maximum atomic E-state index is 13.4. The van der Waals surface area contributed by atoms with E-state index in [1.54, 1.807) is 22.9 Å². The second kappa shape index (κ2) is 6.47. The zero-order chi connectivity index (χ0) is 22.0. The van der Waals surface area contributed by atoms with Gasteiger partial charge in [-0.05, 0) is 42.0 Å². The third-order valence-electron chi connectivity index (χ3n) is 5.16. The molecule has 5 rings (SSSR count). The topological polar surface area (TPSA) is 35.6 Å². The minimum Gasteiger partial charge on any atom is -0.340 e. The van der Waals surface area contributed by atoms with E-state index in [2.05, 4.69) is 10.2 Å². The molecule has 0 N–H and O–H groups in total. The summed E-state index contributed by atoms with van der Waals surface area (Å²) >= 11 is 0. The molecular formula is C21H12F6N4. The Labute approximate surface area is 171 Å². The lowest BCUT2D eigenvalue weighted by Crippen LogP contribution is -2.09. The molecule has 4 nitrogen and oxygen atoms in total. The predicted octanol–water partition coefficient (Wildman–Crippen LogP) is 5.80. The van der Waals surface area contributed by atoms with Gasteiger partial charge in [-0.3, -0.25) is 4.57 Å². The number of halogens is 6. The van der Waals surface area contributed by atoms with Gasteiger partial charge in [0.15, 0.2) is 11.6 Å². The molecule has 0 bridgehead atoms. The number of alkyl halides is 6. The first-order valence-electron chi connectivity index (χ1n) is 9.12. The van der Waals surface area contributed by atoms with E-state index in [0.717, 1.165) is 24.3 Å². The molecule has 1 aliphatic heterocycles. The second-order valence-corrected chi connectivity index (χ2v) is 7.12. The number of benzene rings is 2. The van der Waals surface area contributed by atoms with Gasteiger partial charge >= 0.3 is 12.4 Å². The van der Waals surface area contributed by atoms with Crippen LogP contribution in [0, 0.1) is 0 Å². The summed E-state index contributed by atoms with van der Waals surface area (Å²) in [5.41, 5.74) is -0.341. The molecule has 4 aromatic rings. The summed E-state index contributed by atoms with van der Waals surface area (Å²) < 4.78 is 83.1. The average molecular weight is 434 g/mol. The lowest BCUT2D eigenvalue weighted by atomic mass is 10.1. The SMILES string of the molecule is FC(F)(F)c1cccc(-c2nnc3n2-c2cc(C(F)(F)F)ccc2Cn2cccc2-3)c1. The molecule has 0 saturated heterocycles. The van der Waals surface area contributed by atoms with Gasteiger partial charge in [-0.15, -0.1) is 10.2 Å². The molecule has 31 heavy (non-hydrogen) atoms. The molecule has 0 fully saturated rings. The standard InChI is InChI=1S/C21H12F6N4/c22-20(23,24)14-4-1-3-12(9-14)18-28-29-19-16-5-2-8-30(16)11-13-6-7-15(21(25,26)27)10-17(13)31(18)19/h1-10H,11H2. The van der Waals surface area contributed by atoms with Gasteiger partial charge in [0, 0.05) is 18.3 Å². The third kappa shape index (κ3) is 3.18. The van der Waals surface area contributed by atoms with E-state index in [-0.39, 0.29) is 29.4 Å². The van der Waals surface area contributed by atoms with Gasteiger partial charge in [0.1, 0.15) is 0 Å². The first kappa shape index (κ1) is 19.4. The van der Waals surface area contributed by atoms with Crippen molar-refractivity contribution in [1.29, 1.82) is 0 Å². The maximum Gasteiger partial charge on any atom is 0.416 e. The average Bonchev–Trinajstić information content (AvgIpc) is 3.31. The second-order valence-electron chi connectivity index (χ2n) is 7.12. The third-order valence-corrected chi connectivity index (χ3v) is 5.16. The first-order chi connectivity index (χ1) is 14.6. The number of hydrogen-bond donors (Lipinski definition) is 0. The quantitative estimate of drug-likeness (QED) is 0.313. The Hall–Kier alpha value is -3.56. The molecular weight excluding hydrogens is 422 g/mol. The minimum atomic E-state index is -4.58. The molecule has 0 radical (unpaired) electrons. The summed E-state index contributed by atoms with van der Waals surface area (Å²) in [5.74, 6) is 0.270. The molecule has 158 valence electrons. The van der Waals surface area contributed by atoms with Crippen molar-refractivity contribution in [1.82, 2.24) is 19.3 Å². The molecule has 2 aromatic carbocycles. The molecule has 0 spiro atoms. The summed E-state index contributed by atoms with van der Waals surface area (Å²) in [5, 5.41) is 8.17. The van der Waals surface area contributed by atoms with Crippen molar-refractivity contribution in [2.45, 2.75) is 18.9 Å². The highest BCUT2D eigenvalue weighted by atomic mass is 19.4. The van der Waals surface area contributed by atoms with Crippen molar-refractivity contribution in [3.63, 3.8) is 0 Å². The van der Waals surface area contributed by atoms with Gasteiger partial charge in [-0.1, -0.05) is 18.2 Å². The van der Waals surface area contributed by atoms with E-state index >= 15 is 0 Å². The van der Waals surface area contributed by atoms with Crippen LogP contribution in [0.2, 0.25) is 0 Å². The van der Waals surface area contributed by atoms with E-state index in [0.29, 0.717) is 11.3 Å². The summed E-state index contributed by atoms with van der Waals surface area (Å²) in [7, 11) is 0. The number of rotatable bonds is 1. The Morgan fingerprint density at radius 1 is 0.742 bits per heavy atom. The highest BCUT2D eigenvalue weighted by Crippen LogP contribution is 2.38. The van der Waals surface area contributed by atoms with Crippen LogP contribution in [0.5, 0.6) is 0 Å². The van der Waals surface area contributed by atoms with Gasteiger partial charge in [0.2, 0.25) is 0 Å². The molecule has 0 saturated carbocycles. The minimum absolute atomic E-state index is 0.0244. The smallest absolute Gasteiger partial charge is 0.340 e. The van der Waals surface area contributed by atoms with Crippen molar-refractivity contribution in [3.8, 4) is 28.6 Å². The molecule has 0 atom stereocenters. The van der Waals surface area contributed by atoms with Crippen molar-refractivity contribution < 1.29 is 26.3 Å². The molecule has 10 heteroatoms. The monoisotopic (exact) mass is 434 g/mol. The lowest BCUT2D eigenvalue weighted by molar-refractivity contribution is -0.138. The number of aromatic nitrogens is 4. The molecule has 3 heterocycles. The summed E-state index contributed by atoms with van der Waals surface area (Å²) in [6.45, 7) is 0.279. The highest BCUT2D eigenvalue weighted by molar-refractivity contribution is 5.68. The Morgan fingerprint density at radius 3 is 2.19 bits per heavy atom. The van der Waals surface area contributed by atoms with Crippen LogP contribution in [-0.2, 0) is 18.9 Å². The van der Waals surface area contributed by atoms with E-state index in [4.69, 9.17) is 0 Å². The Balaban J connectivity index is 1.80. The maximum absolute atomic E-state index is 13.4. The summed E-state index contributed by atoms with van der Waals surface area (Å²) in [6.07, 6.45) is -7.40. The normalized spacial score (nSPS) is 13.4. The molecule has 2 aromatic heterocycles. The fourth-order valence-electron chi connectivity index (χ4n) is 3.72. The van der Waals surface area contributed by atoms with E-state index in [9.17, 15) is 26.3 Å². The van der Waals surface area contributed by atoms with Crippen molar-refractivity contribution in [3.05, 3.63) is 77.5 Å². The van der Waals surface area contributed by atoms with Crippen molar-refractivity contribution >= 4 is 0 Å². The van der Waals surface area contributed by atoms with Crippen LogP contribution in [0.25, 0.3) is 28.6 Å². The Kier molecular flexibility index (Phi) is 4.05. The molecule has 0 amide bonds. The van der Waals surface area contributed by atoms with E-state index in [1.165, 1.54) is 22.8 Å². The van der Waals surface area contributed by atoms with Crippen LogP contribution < -0.4 is 0 Å².